The van der Waals surface area contributed by atoms with Gasteiger partial charge in [-0.25, -0.2) is 9.59 Å². The van der Waals surface area contributed by atoms with Gasteiger partial charge in [0.2, 0.25) is 11.8 Å². The highest BCUT2D eigenvalue weighted by atomic mass is 16.6. The number of carbonyl (C=O) groups is 4. The number of hydrogen-bond acceptors (Lipinski definition) is 7. The van der Waals surface area contributed by atoms with Gasteiger partial charge in [0.1, 0.15) is 29.8 Å². The molecule has 0 bridgehead atoms. The largest absolute Gasteiger partial charge is 0.479 e. The Morgan fingerprint density at radius 3 is 2.40 bits per heavy atom. The van der Waals surface area contributed by atoms with Crippen LogP contribution in [0.5, 0.6) is 0 Å². The molecule has 3 saturated carbocycles. The smallest absolute Gasteiger partial charge is 0.408 e. The molecule has 2 heterocycles. The second kappa shape index (κ2) is 14.9. The number of aliphatic carboxylic acids is 1. The number of nitrogens with one attached hydrogen (secondary N) is 2. The molecule has 1 aromatic carbocycles. The van der Waals surface area contributed by atoms with Crippen LogP contribution in [0.2, 0.25) is 0 Å². The van der Waals surface area contributed by atoms with Crippen molar-refractivity contribution in [3.63, 3.8) is 0 Å². The van der Waals surface area contributed by atoms with E-state index in [1.807, 2.05) is 42.5 Å². The number of hydrogen-bond donors (Lipinski definition) is 3. The van der Waals surface area contributed by atoms with Gasteiger partial charge in [-0.15, -0.1) is 0 Å². The fourth-order valence-corrected chi connectivity index (χ4v) is 7.77. The van der Waals surface area contributed by atoms with Gasteiger partial charge in [-0.2, -0.15) is 0 Å². The number of carboxylic acid groups (broad SMARTS) is 1. The van der Waals surface area contributed by atoms with Crippen molar-refractivity contribution in [3.05, 3.63) is 48.0 Å². The molecule has 5 atom stereocenters. The van der Waals surface area contributed by atoms with Gasteiger partial charge < -0.3 is 30.2 Å². The number of carboxylic acids is 1. The predicted molar refractivity (Wildman–Crippen MR) is 174 cm³/mol. The van der Waals surface area contributed by atoms with Crippen LogP contribution in [0.25, 0.3) is 0 Å². The quantitative estimate of drug-likeness (QED) is 0.212. The van der Waals surface area contributed by atoms with Crippen molar-refractivity contribution in [2.45, 2.75) is 126 Å². The topological polar surface area (TPSA) is 147 Å². The Labute approximate surface area is 276 Å². The van der Waals surface area contributed by atoms with Gasteiger partial charge in [-0.05, 0) is 69.8 Å². The van der Waals surface area contributed by atoms with Gasteiger partial charge in [0.05, 0.1) is 12.3 Å². The summed E-state index contributed by atoms with van der Waals surface area (Å²) >= 11 is 0. The summed E-state index contributed by atoms with van der Waals surface area (Å²) in [7, 11) is 0. The fourth-order valence-electron chi connectivity index (χ4n) is 7.77. The zero-order valence-electron chi connectivity index (χ0n) is 27.1. The van der Waals surface area contributed by atoms with Crippen LogP contribution in [-0.4, -0.2) is 76.0 Å². The molecule has 0 aromatic heterocycles. The molecule has 11 heteroatoms. The molecule has 3 aliphatic carbocycles. The lowest BCUT2D eigenvalue weighted by molar-refractivity contribution is -0.145. The molecule has 5 aliphatic rings. The zero-order chi connectivity index (χ0) is 32.8. The summed E-state index contributed by atoms with van der Waals surface area (Å²) in [4.78, 5) is 61.1. The number of fused-ring (bicyclic) bond motifs is 2. The number of oxime groups is 1. The Morgan fingerprint density at radius 1 is 0.936 bits per heavy atom. The number of amides is 3. The maximum atomic E-state index is 14.3. The second-order valence-electron chi connectivity index (χ2n) is 13.9. The monoisotopic (exact) mass is 648 g/mol. The van der Waals surface area contributed by atoms with Crippen LogP contribution in [0.3, 0.4) is 0 Å². The molecule has 6 rings (SSSR count). The van der Waals surface area contributed by atoms with Gasteiger partial charge in [-0.1, -0.05) is 73.3 Å². The van der Waals surface area contributed by atoms with Crippen LogP contribution in [-0.2, 0) is 24.0 Å². The molecule has 1 unspecified atom stereocenters. The molecule has 4 fully saturated rings. The van der Waals surface area contributed by atoms with Gasteiger partial charge in [0.25, 0.3) is 0 Å². The van der Waals surface area contributed by atoms with E-state index >= 15 is 0 Å². The van der Waals surface area contributed by atoms with Crippen LogP contribution in [0.15, 0.2) is 47.6 Å². The third-order valence-electron chi connectivity index (χ3n) is 10.6. The SMILES string of the molecule is O=C(N[C@H]1CCCCC/C=C\[C@@H]2CC2(C(=O)O)NC(=O)[C@@H]2C[C@@H](O/N=C(/c3ccccc3)C3CCCC3)CN2C1=O)OC1CCCC1. The summed E-state index contributed by atoms with van der Waals surface area (Å²) in [5.41, 5.74) is 0.461. The van der Waals surface area contributed by atoms with Crippen molar-refractivity contribution in [2.75, 3.05) is 6.54 Å². The summed E-state index contributed by atoms with van der Waals surface area (Å²) in [6.45, 7) is 0.0897. The lowest BCUT2D eigenvalue weighted by Gasteiger charge is -2.29. The number of alkyl carbamates (subject to hydrolysis) is 1. The van der Waals surface area contributed by atoms with Gasteiger partial charge >= 0.3 is 12.1 Å². The number of ether oxygens (including phenoxy) is 1. The first kappa shape index (κ1) is 33.0. The average Bonchev–Trinajstić information content (AvgIpc) is 3.56. The van der Waals surface area contributed by atoms with Crippen molar-refractivity contribution in [1.82, 2.24) is 15.5 Å². The number of carbonyl (C=O) groups excluding carboxylic acids is 3. The van der Waals surface area contributed by atoms with E-state index in [1.165, 1.54) is 4.90 Å². The Hall–Kier alpha value is -3.89. The summed E-state index contributed by atoms with van der Waals surface area (Å²) in [5.74, 6) is -2.06. The molecule has 0 radical (unpaired) electrons. The number of allylic oxidation sites excluding steroid dienone is 1. The summed E-state index contributed by atoms with van der Waals surface area (Å²) in [5, 5.41) is 20.4. The molecule has 1 aromatic rings. The number of nitrogens with zero attached hydrogens (tertiary/aromatic N) is 2. The molecule has 254 valence electrons. The molecule has 2 aliphatic heterocycles. The van der Waals surface area contributed by atoms with Crippen LogP contribution in [0, 0.1) is 11.8 Å². The first-order valence-electron chi connectivity index (χ1n) is 17.6. The Bertz CT molecular complexity index is 1350. The Balaban J connectivity index is 1.25. The minimum Gasteiger partial charge on any atom is -0.479 e. The van der Waals surface area contributed by atoms with E-state index in [-0.39, 0.29) is 30.9 Å². The minimum absolute atomic E-state index is 0.0897. The van der Waals surface area contributed by atoms with Gasteiger partial charge in [-0.3, -0.25) is 9.59 Å². The van der Waals surface area contributed by atoms with Crippen molar-refractivity contribution in [1.29, 1.82) is 0 Å². The highest BCUT2D eigenvalue weighted by Crippen LogP contribution is 2.45. The summed E-state index contributed by atoms with van der Waals surface area (Å²) in [6, 6.07) is 8.07. The van der Waals surface area contributed by atoms with E-state index in [9.17, 15) is 24.3 Å². The van der Waals surface area contributed by atoms with Crippen LogP contribution >= 0.6 is 0 Å². The second-order valence-corrected chi connectivity index (χ2v) is 13.9. The first-order valence-corrected chi connectivity index (χ1v) is 17.6. The lowest BCUT2D eigenvalue weighted by atomic mass is 9.95. The number of rotatable bonds is 7. The maximum Gasteiger partial charge on any atom is 0.408 e. The van der Waals surface area contributed by atoms with E-state index in [2.05, 4.69) is 15.8 Å². The third kappa shape index (κ3) is 7.81. The summed E-state index contributed by atoms with van der Waals surface area (Å²) < 4.78 is 5.64. The van der Waals surface area contributed by atoms with E-state index in [0.29, 0.717) is 19.3 Å². The Kier molecular flexibility index (Phi) is 10.5. The highest BCUT2D eigenvalue weighted by Gasteiger charge is 2.61. The zero-order valence-corrected chi connectivity index (χ0v) is 27.1. The molecular weight excluding hydrogens is 600 g/mol. The molecular formula is C36H48N4O7. The third-order valence-corrected chi connectivity index (χ3v) is 10.6. The Morgan fingerprint density at radius 2 is 1.66 bits per heavy atom. The van der Waals surface area contributed by atoms with E-state index in [1.54, 1.807) is 0 Å². The molecule has 47 heavy (non-hydrogen) atoms. The molecule has 1 saturated heterocycles. The first-order chi connectivity index (χ1) is 22.8. The normalized spacial score (nSPS) is 31.6. The van der Waals surface area contributed by atoms with Crippen LogP contribution in [0.4, 0.5) is 4.79 Å². The van der Waals surface area contributed by atoms with E-state index in [0.717, 1.165) is 81.9 Å². The average molecular weight is 649 g/mol. The standard InChI is InChI=1S/C36H48N4O7/c41-32-30-21-28(47-39-31(25-15-9-10-16-25)24-13-5-4-6-14-24)23-40(30)33(42)29(37-35(45)46-27-18-11-12-19-27)20-8-3-1-2-7-17-26-22-36(26,38-32)34(43)44/h4-7,13-14,17,25-30H,1-3,8-12,15-16,18-23H2,(H,37,45)(H,38,41)(H,43,44)/b17-7-,39-31-/t26-,28-,29+,30+,36?/m1/s1. The molecule has 3 amide bonds. The van der Waals surface area contributed by atoms with E-state index in [4.69, 9.17) is 9.57 Å². The van der Waals surface area contributed by atoms with Crippen molar-refractivity contribution >= 4 is 29.6 Å². The van der Waals surface area contributed by atoms with Gasteiger partial charge in [0.15, 0.2) is 0 Å². The number of benzene rings is 1. The molecule has 3 N–H and O–H groups in total. The fraction of sp³-hybridized carbons (Fsp3) is 0.639. The van der Waals surface area contributed by atoms with Crippen LogP contribution in [0.1, 0.15) is 102 Å². The lowest BCUT2D eigenvalue weighted by Crippen LogP contribution is -2.56. The van der Waals surface area contributed by atoms with Crippen molar-refractivity contribution < 1.29 is 33.9 Å². The van der Waals surface area contributed by atoms with Gasteiger partial charge in [0, 0.05) is 18.3 Å². The van der Waals surface area contributed by atoms with Crippen LogP contribution < -0.4 is 10.6 Å². The highest BCUT2D eigenvalue weighted by molar-refractivity contribution is 6.02. The predicted octanol–water partition coefficient (Wildman–Crippen LogP) is 5.08. The molecule has 0 spiro atoms. The molecule has 11 nitrogen and oxygen atoms in total. The van der Waals surface area contributed by atoms with E-state index < -0.39 is 47.6 Å². The summed E-state index contributed by atoms with van der Waals surface area (Å²) in [6.07, 6.45) is 14.5. The van der Waals surface area contributed by atoms with Crippen molar-refractivity contribution in [3.8, 4) is 0 Å². The minimum atomic E-state index is -1.40. The van der Waals surface area contributed by atoms with Crippen molar-refractivity contribution in [2.24, 2.45) is 17.0 Å². The maximum absolute atomic E-state index is 14.3.